The van der Waals surface area contributed by atoms with Gasteiger partial charge < -0.3 is 4.90 Å². The summed E-state index contributed by atoms with van der Waals surface area (Å²) in [6, 6.07) is 28.0. The molecular formula is C26H17N3O2. The number of hydrogen-bond donors (Lipinski definition) is 0. The fourth-order valence-corrected chi connectivity index (χ4v) is 3.70. The number of nitrogens with zero attached hydrogens (tertiary/aromatic N) is 3. The molecule has 0 spiro atoms. The topological polar surface area (TPSA) is 63.2 Å². The van der Waals surface area contributed by atoms with Crippen LogP contribution < -0.4 is 4.90 Å². The zero-order chi connectivity index (χ0) is 21.2. The Balaban J connectivity index is 1.50. The summed E-state index contributed by atoms with van der Waals surface area (Å²) in [6.45, 7) is 0. The first-order valence-electron chi connectivity index (χ1n) is 9.84. The van der Waals surface area contributed by atoms with Gasteiger partial charge in [-0.3, -0.25) is 9.59 Å². The lowest BCUT2D eigenvalue weighted by atomic mass is 10.1. The van der Waals surface area contributed by atoms with Crippen molar-refractivity contribution < 1.29 is 9.59 Å². The Hall–Kier alpha value is -4.38. The summed E-state index contributed by atoms with van der Waals surface area (Å²) in [5.41, 5.74) is 4.58. The number of fused-ring (bicyclic) bond motifs is 1. The van der Waals surface area contributed by atoms with Gasteiger partial charge >= 0.3 is 0 Å². The first-order valence-corrected chi connectivity index (χ1v) is 9.84. The van der Waals surface area contributed by atoms with Crippen molar-refractivity contribution in [3.05, 3.63) is 120 Å². The van der Waals surface area contributed by atoms with E-state index in [1.54, 1.807) is 6.08 Å². The lowest BCUT2D eigenvalue weighted by Crippen LogP contribution is -2.09. The number of aromatic nitrogens is 2. The smallest absolute Gasteiger partial charge is 0.199 e. The summed E-state index contributed by atoms with van der Waals surface area (Å²) in [6.07, 6.45) is 4.32. The fourth-order valence-electron chi connectivity index (χ4n) is 3.70. The molecule has 0 bridgehead atoms. The molecule has 148 valence electrons. The molecule has 5 nitrogen and oxygen atoms in total. The predicted octanol–water partition coefficient (Wildman–Crippen LogP) is 5.41. The zero-order valence-corrected chi connectivity index (χ0v) is 16.5. The Kier molecular flexibility index (Phi) is 4.69. The first kappa shape index (κ1) is 18.6. The van der Waals surface area contributed by atoms with Gasteiger partial charge in [-0.1, -0.05) is 48.5 Å². The molecule has 1 aliphatic carbocycles. The van der Waals surface area contributed by atoms with Gasteiger partial charge in [-0.15, -0.1) is 0 Å². The minimum absolute atomic E-state index is 0.139. The lowest BCUT2D eigenvalue weighted by Gasteiger charge is -2.25. The highest BCUT2D eigenvalue weighted by atomic mass is 16.2. The van der Waals surface area contributed by atoms with Crippen LogP contribution >= 0.6 is 0 Å². The third-order valence-corrected chi connectivity index (χ3v) is 5.20. The largest absolute Gasteiger partial charge is 0.311 e. The molecule has 0 unspecified atom stereocenters. The van der Waals surface area contributed by atoms with E-state index in [9.17, 15) is 9.59 Å². The van der Waals surface area contributed by atoms with E-state index in [0.29, 0.717) is 11.1 Å². The molecule has 0 amide bonds. The van der Waals surface area contributed by atoms with Crippen LogP contribution in [-0.2, 0) is 0 Å². The van der Waals surface area contributed by atoms with Crippen LogP contribution in [0.1, 0.15) is 26.3 Å². The normalized spacial score (nSPS) is 12.6. The van der Waals surface area contributed by atoms with Crippen LogP contribution in [0.25, 0.3) is 6.08 Å². The third-order valence-electron chi connectivity index (χ3n) is 5.20. The van der Waals surface area contributed by atoms with Crippen LogP contribution in [0.15, 0.2) is 103 Å². The number of carbonyl (C=O) groups is 2. The molecule has 0 radical (unpaired) electrons. The van der Waals surface area contributed by atoms with Gasteiger partial charge in [0.25, 0.3) is 0 Å². The Morgan fingerprint density at radius 2 is 1.03 bits per heavy atom. The van der Waals surface area contributed by atoms with E-state index in [4.69, 9.17) is 0 Å². The molecule has 1 heterocycles. The molecule has 0 N–H and O–H groups in total. The van der Waals surface area contributed by atoms with Crippen LogP contribution in [0, 0.1) is 0 Å². The summed E-state index contributed by atoms with van der Waals surface area (Å²) >= 11 is 0. The minimum Gasteiger partial charge on any atom is -0.311 e. The quantitative estimate of drug-likeness (QED) is 0.337. The van der Waals surface area contributed by atoms with Crippen molar-refractivity contribution in [3.8, 4) is 0 Å². The maximum atomic E-state index is 12.6. The van der Waals surface area contributed by atoms with Crippen LogP contribution in [-0.4, -0.2) is 21.8 Å². The summed E-state index contributed by atoms with van der Waals surface area (Å²) in [7, 11) is 0. The van der Waals surface area contributed by atoms with Gasteiger partial charge in [0, 0.05) is 17.1 Å². The van der Waals surface area contributed by atoms with Gasteiger partial charge in [-0.2, -0.15) is 10.2 Å². The number of Topliss-reactive ketones (excluding diaryl/α,β-unsaturated/α-hetero) is 2. The molecule has 4 aromatic rings. The number of hydrogen-bond acceptors (Lipinski definition) is 5. The molecule has 5 heteroatoms. The van der Waals surface area contributed by atoms with Crippen molar-refractivity contribution in [1.82, 2.24) is 10.2 Å². The number of anilines is 3. The van der Waals surface area contributed by atoms with E-state index >= 15 is 0 Å². The van der Waals surface area contributed by atoms with Gasteiger partial charge in [0.05, 0.1) is 29.1 Å². The van der Waals surface area contributed by atoms with Gasteiger partial charge in [0.2, 0.25) is 0 Å². The zero-order valence-electron chi connectivity index (χ0n) is 16.5. The number of ketones is 2. The van der Waals surface area contributed by atoms with Gasteiger partial charge in [0.1, 0.15) is 0 Å². The number of allylic oxidation sites excluding steroid dienone is 1. The van der Waals surface area contributed by atoms with E-state index < -0.39 is 0 Å². The van der Waals surface area contributed by atoms with E-state index in [0.717, 1.165) is 22.6 Å². The summed E-state index contributed by atoms with van der Waals surface area (Å²) in [4.78, 5) is 27.3. The van der Waals surface area contributed by atoms with Crippen LogP contribution in [0.2, 0.25) is 0 Å². The van der Waals surface area contributed by atoms with Crippen molar-refractivity contribution >= 4 is 34.7 Å². The van der Waals surface area contributed by atoms with Crippen LogP contribution in [0.4, 0.5) is 17.1 Å². The van der Waals surface area contributed by atoms with E-state index in [1.807, 2.05) is 60.7 Å². The number of para-hydroxylation sites is 2. The molecule has 31 heavy (non-hydrogen) atoms. The number of benzene rings is 3. The molecular weight excluding hydrogens is 386 g/mol. The fraction of sp³-hybridized carbons (Fsp3) is 0. The molecule has 3 aromatic carbocycles. The van der Waals surface area contributed by atoms with E-state index in [1.165, 1.54) is 12.4 Å². The average molecular weight is 403 g/mol. The maximum Gasteiger partial charge on any atom is 0.199 e. The Bertz CT molecular complexity index is 1220. The molecule has 0 saturated carbocycles. The second-order valence-corrected chi connectivity index (χ2v) is 7.13. The summed E-state index contributed by atoms with van der Waals surface area (Å²) < 4.78 is 0. The monoisotopic (exact) mass is 403 g/mol. The Labute approximate surface area is 179 Å². The van der Waals surface area contributed by atoms with Gasteiger partial charge in [-0.05, 0) is 48.0 Å². The van der Waals surface area contributed by atoms with Crippen molar-refractivity contribution in [2.45, 2.75) is 0 Å². The second-order valence-electron chi connectivity index (χ2n) is 7.13. The maximum absolute atomic E-state index is 12.6. The van der Waals surface area contributed by atoms with Crippen LogP contribution in [0.5, 0.6) is 0 Å². The molecule has 1 aliphatic rings. The van der Waals surface area contributed by atoms with Gasteiger partial charge in [-0.25, -0.2) is 0 Å². The average Bonchev–Trinajstić information content (AvgIpc) is 3.07. The SMILES string of the molecule is O=C1C(=Cc2ccc(N(c3ccccc3)c3ccccc3)cc2)C(=O)c2cnncc21. The molecule has 0 saturated heterocycles. The Morgan fingerprint density at radius 3 is 1.52 bits per heavy atom. The van der Waals surface area contributed by atoms with E-state index in [2.05, 4.69) is 39.4 Å². The van der Waals surface area contributed by atoms with Gasteiger partial charge in [0.15, 0.2) is 11.6 Å². The molecule has 0 aliphatic heterocycles. The van der Waals surface area contributed by atoms with Crippen molar-refractivity contribution in [1.29, 1.82) is 0 Å². The lowest BCUT2D eigenvalue weighted by molar-refractivity contribution is 0.0990. The van der Waals surface area contributed by atoms with E-state index in [-0.39, 0.29) is 17.1 Å². The molecule has 5 rings (SSSR count). The number of rotatable bonds is 4. The highest BCUT2D eigenvalue weighted by Crippen LogP contribution is 2.34. The molecule has 0 atom stereocenters. The molecule has 1 aromatic heterocycles. The standard InChI is InChI=1S/C26H17N3O2/c30-25-22(26(31)24-17-28-27-16-23(24)25)15-18-11-13-21(14-12-18)29(19-7-3-1-4-8-19)20-9-5-2-6-10-20/h1-17H. The van der Waals surface area contributed by atoms with Crippen LogP contribution in [0.3, 0.4) is 0 Å². The third kappa shape index (κ3) is 3.42. The minimum atomic E-state index is -0.311. The Morgan fingerprint density at radius 1 is 0.581 bits per heavy atom. The van der Waals surface area contributed by atoms with Crippen molar-refractivity contribution in [3.63, 3.8) is 0 Å². The summed E-state index contributed by atoms with van der Waals surface area (Å²) in [5, 5.41) is 7.43. The molecule has 0 fully saturated rings. The first-order chi connectivity index (χ1) is 15.2. The second kappa shape index (κ2) is 7.80. The van der Waals surface area contributed by atoms with Crippen molar-refractivity contribution in [2.75, 3.05) is 4.90 Å². The summed E-state index contributed by atoms with van der Waals surface area (Å²) in [5.74, 6) is -0.622. The predicted molar refractivity (Wildman–Crippen MR) is 120 cm³/mol. The highest BCUT2D eigenvalue weighted by Gasteiger charge is 2.33. The van der Waals surface area contributed by atoms with Crippen molar-refractivity contribution in [2.24, 2.45) is 0 Å². The number of carbonyl (C=O) groups excluding carboxylic acids is 2. The highest BCUT2D eigenvalue weighted by molar-refractivity contribution is 6.41.